The lowest BCUT2D eigenvalue weighted by atomic mass is 10.0. The lowest BCUT2D eigenvalue weighted by Gasteiger charge is -2.17. The van der Waals surface area contributed by atoms with Crippen LogP contribution in [0.2, 0.25) is 0 Å². The van der Waals surface area contributed by atoms with Gasteiger partial charge in [-0.3, -0.25) is 0 Å². The van der Waals surface area contributed by atoms with Crippen LogP contribution >= 0.6 is 15.9 Å². The van der Waals surface area contributed by atoms with Gasteiger partial charge < -0.3 is 10.7 Å². The molecule has 5 nitrogen and oxygen atoms in total. The number of rotatable bonds is 4. The van der Waals surface area contributed by atoms with E-state index in [4.69, 9.17) is 5.84 Å². The Labute approximate surface area is 131 Å². The Kier molecular flexibility index (Phi) is 4.74. The molecule has 0 radical (unpaired) electrons. The fourth-order valence-corrected chi connectivity index (χ4v) is 2.41. The van der Waals surface area contributed by atoms with Crippen molar-refractivity contribution in [2.75, 3.05) is 10.7 Å². The molecular weight excluding hydrogens is 337 g/mol. The van der Waals surface area contributed by atoms with Crippen LogP contribution in [0.4, 0.5) is 21.7 Å². The molecule has 0 unspecified atom stereocenters. The molecule has 0 atom stereocenters. The second-order valence-corrected chi connectivity index (χ2v) is 5.84. The molecule has 2 rings (SSSR count). The summed E-state index contributed by atoms with van der Waals surface area (Å²) in [6.07, 6.45) is 1.43. The van der Waals surface area contributed by atoms with Crippen molar-refractivity contribution in [2.24, 2.45) is 5.84 Å². The number of nitrogens with zero attached hydrogens (tertiary/aromatic N) is 2. The number of nitrogens with one attached hydrogen (secondary N) is 2. The number of aryl methyl sites for hydroxylation is 1. The number of hydrogen-bond acceptors (Lipinski definition) is 5. The van der Waals surface area contributed by atoms with Crippen molar-refractivity contribution in [1.29, 1.82) is 0 Å². The van der Waals surface area contributed by atoms with Crippen molar-refractivity contribution < 1.29 is 4.39 Å². The third-order valence-corrected chi connectivity index (χ3v) is 3.73. The van der Waals surface area contributed by atoms with Crippen LogP contribution in [-0.2, 0) is 0 Å². The summed E-state index contributed by atoms with van der Waals surface area (Å²) in [5.41, 5.74) is 5.01. The summed E-state index contributed by atoms with van der Waals surface area (Å²) in [5, 5.41) is 3.22. The van der Waals surface area contributed by atoms with E-state index in [0.717, 1.165) is 16.8 Å². The van der Waals surface area contributed by atoms with Crippen LogP contribution in [0.15, 0.2) is 22.9 Å². The fraction of sp³-hybridized carbons (Fsp3) is 0.286. The van der Waals surface area contributed by atoms with Gasteiger partial charge in [0.25, 0.3) is 0 Å². The smallest absolute Gasteiger partial charge is 0.148 e. The number of nitrogens with two attached hydrogens (primary N) is 1. The predicted molar refractivity (Wildman–Crippen MR) is 86.1 cm³/mol. The molecule has 1 aromatic carbocycles. The lowest BCUT2D eigenvalue weighted by Crippen LogP contribution is -2.14. The molecule has 0 aliphatic carbocycles. The van der Waals surface area contributed by atoms with E-state index in [1.54, 1.807) is 6.07 Å². The third kappa shape index (κ3) is 3.30. The van der Waals surface area contributed by atoms with Gasteiger partial charge in [0.05, 0.1) is 4.47 Å². The summed E-state index contributed by atoms with van der Waals surface area (Å²) in [7, 11) is 0. The second kappa shape index (κ2) is 6.36. The van der Waals surface area contributed by atoms with Gasteiger partial charge in [-0.15, -0.1) is 0 Å². The average Bonchev–Trinajstić information content (AvgIpc) is 2.44. The van der Waals surface area contributed by atoms with Gasteiger partial charge in [0.15, 0.2) is 0 Å². The Morgan fingerprint density at radius 2 is 1.90 bits per heavy atom. The molecule has 0 saturated heterocycles. The highest BCUT2D eigenvalue weighted by atomic mass is 79.9. The molecular formula is C14H17BrFN5. The van der Waals surface area contributed by atoms with Gasteiger partial charge >= 0.3 is 0 Å². The zero-order valence-corrected chi connectivity index (χ0v) is 13.6. The first-order chi connectivity index (χ1) is 9.93. The van der Waals surface area contributed by atoms with Gasteiger partial charge in [-0.2, -0.15) is 0 Å². The second-order valence-electron chi connectivity index (χ2n) is 4.99. The minimum absolute atomic E-state index is 0.170. The molecule has 0 fully saturated rings. The number of anilines is 3. The Morgan fingerprint density at radius 1 is 1.24 bits per heavy atom. The van der Waals surface area contributed by atoms with Gasteiger partial charge in [0.1, 0.15) is 23.8 Å². The minimum Gasteiger partial charge on any atom is -0.340 e. The summed E-state index contributed by atoms with van der Waals surface area (Å²) < 4.78 is 13.9. The number of aromatic nitrogens is 2. The molecule has 0 spiro atoms. The lowest BCUT2D eigenvalue weighted by molar-refractivity contribution is 0.620. The maximum atomic E-state index is 13.5. The molecule has 4 N–H and O–H groups in total. The number of hydrogen-bond donors (Lipinski definition) is 3. The van der Waals surface area contributed by atoms with E-state index in [2.05, 4.69) is 36.6 Å². The van der Waals surface area contributed by atoms with Crippen molar-refractivity contribution in [3.8, 4) is 0 Å². The van der Waals surface area contributed by atoms with Crippen LogP contribution in [0.25, 0.3) is 0 Å². The maximum Gasteiger partial charge on any atom is 0.148 e. The van der Waals surface area contributed by atoms with E-state index in [-0.39, 0.29) is 11.7 Å². The molecule has 7 heteroatoms. The van der Waals surface area contributed by atoms with E-state index < -0.39 is 0 Å². The van der Waals surface area contributed by atoms with Crippen molar-refractivity contribution in [1.82, 2.24) is 9.97 Å². The fourth-order valence-electron chi connectivity index (χ4n) is 2.07. The summed E-state index contributed by atoms with van der Waals surface area (Å²) in [6.45, 7) is 5.88. The summed E-state index contributed by atoms with van der Waals surface area (Å²) >= 11 is 3.19. The highest BCUT2D eigenvalue weighted by Crippen LogP contribution is 2.32. The molecule has 112 valence electrons. The van der Waals surface area contributed by atoms with Crippen LogP contribution in [-0.4, -0.2) is 9.97 Å². The molecule has 1 aromatic heterocycles. The molecule has 2 aromatic rings. The van der Waals surface area contributed by atoms with Gasteiger partial charge in [-0.25, -0.2) is 20.2 Å². The molecule has 0 saturated carbocycles. The molecule has 0 bridgehead atoms. The first-order valence-corrected chi connectivity index (χ1v) is 7.27. The van der Waals surface area contributed by atoms with Gasteiger partial charge in [0.2, 0.25) is 0 Å². The van der Waals surface area contributed by atoms with E-state index in [0.29, 0.717) is 16.1 Å². The van der Waals surface area contributed by atoms with Crippen LogP contribution in [0.1, 0.15) is 30.9 Å². The largest absolute Gasteiger partial charge is 0.340 e. The van der Waals surface area contributed by atoms with Crippen LogP contribution in [0, 0.1) is 12.7 Å². The first kappa shape index (κ1) is 15.7. The standard InChI is InChI=1S/C14H17BrFN5/c1-7(2)12-13(18-6-19-14(12)21-17)20-11-5-9(15)10(16)4-8(11)3/h4-7H,17H2,1-3H3,(H2,18,19,20,21). The average molecular weight is 354 g/mol. The van der Waals surface area contributed by atoms with Crippen molar-refractivity contribution in [2.45, 2.75) is 26.7 Å². The first-order valence-electron chi connectivity index (χ1n) is 6.48. The van der Waals surface area contributed by atoms with Crippen LogP contribution < -0.4 is 16.6 Å². The molecule has 0 aliphatic heterocycles. The topological polar surface area (TPSA) is 75.9 Å². The molecule has 0 aliphatic rings. The third-order valence-electron chi connectivity index (χ3n) is 3.12. The molecule has 0 amide bonds. The predicted octanol–water partition coefficient (Wildman–Crippen LogP) is 3.84. The highest BCUT2D eigenvalue weighted by Gasteiger charge is 2.15. The van der Waals surface area contributed by atoms with Crippen LogP contribution in [0.5, 0.6) is 0 Å². The number of halogens is 2. The van der Waals surface area contributed by atoms with Gasteiger partial charge in [-0.05, 0) is 46.5 Å². The van der Waals surface area contributed by atoms with Gasteiger partial charge in [0, 0.05) is 11.3 Å². The molecule has 1 heterocycles. The van der Waals surface area contributed by atoms with E-state index in [1.165, 1.54) is 12.4 Å². The zero-order valence-electron chi connectivity index (χ0n) is 12.0. The normalized spacial score (nSPS) is 10.8. The Morgan fingerprint density at radius 3 is 2.52 bits per heavy atom. The van der Waals surface area contributed by atoms with Gasteiger partial charge in [-0.1, -0.05) is 13.8 Å². The monoisotopic (exact) mass is 353 g/mol. The van der Waals surface area contributed by atoms with Crippen molar-refractivity contribution >= 4 is 33.3 Å². The van der Waals surface area contributed by atoms with E-state index in [9.17, 15) is 4.39 Å². The van der Waals surface area contributed by atoms with E-state index >= 15 is 0 Å². The van der Waals surface area contributed by atoms with Crippen LogP contribution in [0.3, 0.4) is 0 Å². The minimum atomic E-state index is -0.297. The maximum absolute atomic E-state index is 13.5. The summed E-state index contributed by atoms with van der Waals surface area (Å²) in [4.78, 5) is 8.39. The summed E-state index contributed by atoms with van der Waals surface area (Å²) in [6, 6.07) is 3.15. The quantitative estimate of drug-likeness (QED) is 0.575. The highest BCUT2D eigenvalue weighted by molar-refractivity contribution is 9.10. The number of benzene rings is 1. The number of hydrazine groups is 1. The number of nitrogen functional groups attached to an aromatic ring is 1. The summed E-state index contributed by atoms with van der Waals surface area (Å²) in [5.74, 6) is 6.59. The van der Waals surface area contributed by atoms with E-state index in [1.807, 2.05) is 20.8 Å². The van der Waals surface area contributed by atoms with Crippen molar-refractivity contribution in [3.05, 3.63) is 39.9 Å². The van der Waals surface area contributed by atoms with Crippen molar-refractivity contribution in [3.63, 3.8) is 0 Å². The molecule has 21 heavy (non-hydrogen) atoms. The Balaban J connectivity index is 2.47. The zero-order chi connectivity index (χ0) is 15.6. The SMILES string of the molecule is Cc1cc(F)c(Br)cc1Nc1ncnc(NN)c1C(C)C. The Hall–Kier alpha value is -1.73. The Bertz CT molecular complexity index is 660.